The molecular formula is C17H28N2O. The van der Waals surface area contributed by atoms with Crippen LogP contribution >= 0.6 is 0 Å². The van der Waals surface area contributed by atoms with E-state index in [1.807, 2.05) is 32.0 Å². The lowest BCUT2D eigenvalue weighted by Gasteiger charge is -2.13. The second kappa shape index (κ2) is 12.7. The zero-order valence-electron chi connectivity index (χ0n) is 13.4. The van der Waals surface area contributed by atoms with Gasteiger partial charge in [-0.2, -0.15) is 5.26 Å². The van der Waals surface area contributed by atoms with E-state index in [2.05, 4.69) is 21.8 Å². The van der Waals surface area contributed by atoms with E-state index in [-0.39, 0.29) is 0 Å². The Morgan fingerprint density at radius 3 is 2.35 bits per heavy atom. The van der Waals surface area contributed by atoms with E-state index in [0.29, 0.717) is 0 Å². The summed E-state index contributed by atoms with van der Waals surface area (Å²) in [6, 6.07) is 10.1. The third kappa shape index (κ3) is 7.93. The van der Waals surface area contributed by atoms with E-state index in [1.54, 1.807) is 14.2 Å². The van der Waals surface area contributed by atoms with Crippen LogP contribution in [0.3, 0.4) is 0 Å². The molecule has 20 heavy (non-hydrogen) atoms. The fourth-order valence-electron chi connectivity index (χ4n) is 2.09. The Balaban J connectivity index is 0.000000641. The Morgan fingerprint density at radius 1 is 1.20 bits per heavy atom. The van der Waals surface area contributed by atoms with Crippen LogP contribution in [0.25, 0.3) is 0 Å². The van der Waals surface area contributed by atoms with Crippen molar-refractivity contribution < 1.29 is 4.74 Å². The van der Waals surface area contributed by atoms with Gasteiger partial charge in [-0.1, -0.05) is 26.0 Å². The molecule has 0 bridgehead atoms. The highest BCUT2D eigenvalue weighted by Crippen LogP contribution is 2.10. The smallest absolute Gasteiger partial charge is 0.0991 e. The lowest BCUT2D eigenvalue weighted by atomic mass is 10.1. The van der Waals surface area contributed by atoms with Gasteiger partial charge in [0.15, 0.2) is 0 Å². The Hall–Kier alpha value is -1.37. The number of likely N-dealkylation sites (tertiary alicyclic amines) is 1. The minimum atomic E-state index is 0.772. The molecule has 3 heteroatoms. The molecule has 0 aromatic heterocycles. The molecule has 0 spiro atoms. The summed E-state index contributed by atoms with van der Waals surface area (Å²) in [5.41, 5.74) is 2.05. The average Bonchev–Trinajstić information content (AvgIpc) is 3.02. The zero-order chi connectivity index (χ0) is 15.2. The third-order valence-electron chi connectivity index (χ3n) is 2.97. The molecule has 2 rings (SSSR count). The van der Waals surface area contributed by atoms with Gasteiger partial charge in [-0.25, -0.2) is 0 Å². The zero-order valence-corrected chi connectivity index (χ0v) is 13.4. The third-order valence-corrected chi connectivity index (χ3v) is 2.97. The van der Waals surface area contributed by atoms with Crippen molar-refractivity contribution in [2.24, 2.45) is 0 Å². The molecule has 3 nitrogen and oxygen atoms in total. The minimum absolute atomic E-state index is 0.772. The Bertz CT molecular complexity index is 379. The van der Waals surface area contributed by atoms with Gasteiger partial charge in [-0.15, -0.1) is 0 Å². The molecule has 1 fully saturated rings. The highest BCUT2D eigenvalue weighted by molar-refractivity contribution is 5.32. The number of hydrogen-bond donors (Lipinski definition) is 0. The predicted octanol–water partition coefficient (Wildman–Crippen LogP) is 3.49. The van der Waals surface area contributed by atoms with Gasteiger partial charge in [0.1, 0.15) is 0 Å². The van der Waals surface area contributed by atoms with Gasteiger partial charge < -0.3 is 9.64 Å². The molecular weight excluding hydrogens is 248 g/mol. The summed E-state index contributed by atoms with van der Waals surface area (Å²) in [5.74, 6) is 0. The molecule has 0 amide bonds. The maximum Gasteiger partial charge on any atom is 0.0991 e. The van der Waals surface area contributed by atoms with Crippen LogP contribution in [-0.2, 0) is 11.2 Å². The van der Waals surface area contributed by atoms with E-state index in [9.17, 15) is 0 Å². The first-order valence-electron chi connectivity index (χ1n) is 7.41. The number of benzene rings is 1. The summed E-state index contributed by atoms with van der Waals surface area (Å²) in [6.45, 7) is 7.63. The van der Waals surface area contributed by atoms with Gasteiger partial charge >= 0.3 is 0 Å². The van der Waals surface area contributed by atoms with Crippen molar-refractivity contribution in [3.63, 3.8) is 0 Å². The van der Waals surface area contributed by atoms with Crippen LogP contribution in [0.1, 0.15) is 37.8 Å². The molecule has 1 aliphatic rings. The highest BCUT2D eigenvalue weighted by Gasteiger charge is 2.10. The molecule has 1 aromatic carbocycles. The Labute approximate surface area is 124 Å². The topological polar surface area (TPSA) is 36.3 Å². The van der Waals surface area contributed by atoms with Crippen LogP contribution in [0.5, 0.6) is 0 Å². The molecule has 1 saturated heterocycles. The normalized spacial score (nSPS) is 13.6. The highest BCUT2D eigenvalue weighted by atomic mass is 16.4. The summed E-state index contributed by atoms with van der Waals surface area (Å²) in [6.07, 6.45) is 3.76. The summed E-state index contributed by atoms with van der Waals surface area (Å²) < 4.78 is 4.25. The maximum absolute atomic E-state index is 8.78. The number of hydrogen-bond acceptors (Lipinski definition) is 3. The number of rotatable bonds is 3. The van der Waals surface area contributed by atoms with Gasteiger partial charge in [0, 0.05) is 20.8 Å². The van der Waals surface area contributed by atoms with Crippen molar-refractivity contribution in [3.8, 4) is 6.07 Å². The molecule has 0 N–H and O–H groups in total. The van der Waals surface area contributed by atoms with E-state index in [1.165, 1.54) is 31.5 Å². The first-order valence-corrected chi connectivity index (χ1v) is 7.41. The number of nitrogens with zero attached hydrogens (tertiary/aromatic N) is 2. The van der Waals surface area contributed by atoms with Gasteiger partial charge in [0.25, 0.3) is 0 Å². The quantitative estimate of drug-likeness (QED) is 0.848. The SMILES string of the molecule is CC.COC.N#Cc1cccc(CCN2CCCC2)c1. The molecule has 0 radical (unpaired) electrons. The first-order chi connectivity index (χ1) is 9.80. The van der Waals surface area contributed by atoms with Gasteiger partial charge in [-0.05, 0) is 50.0 Å². The standard InChI is InChI=1S/C13H16N2.C2H6O.C2H6/c14-11-13-5-3-4-12(10-13)6-9-15-7-1-2-8-15;1-3-2;1-2/h3-5,10H,1-2,6-9H2;1-2H3;1-2H3. The fraction of sp³-hybridized carbons (Fsp3) is 0.588. The van der Waals surface area contributed by atoms with Crippen molar-refractivity contribution in [1.82, 2.24) is 4.90 Å². The molecule has 0 atom stereocenters. The number of methoxy groups -OCH3 is 1. The molecule has 1 aromatic rings. The van der Waals surface area contributed by atoms with Crippen LogP contribution in [0.4, 0.5) is 0 Å². The van der Waals surface area contributed by atoms with E-state index < -0.39 is 0 Å². The largest absolute Gasteiger partial charge is 0.388 e. The monoisotopic (exact) mass is 276 g/mol. The van der Waals surface area contributed by atoms with Crippen molar-refractivity contribution in [3.05, 3.63) is 35.4 Å². The summed E-state index contributed by atoms with van der Waals surface area (Å²) >= 11 is 0. The summed E-state index contributed by atoms with van der Waals surface area (Å²) in [7, 11) is 3.25. The second-order valence-electron chi connectivity index (χ2n) is 4.52. The Kier molecular flexibility index (Phi) is 11.8. The molecule has 1 heterocycles. The molecule has 0 unspecified atom stereocenters. The summed E-state index contributed by atoms with van der Waals surface area (Å²) in [5, 5.41) is 8.78. The van der Waals surface area contributed by atoms with Crippen molar-refractivity contribution in [2.75, 3.05) is 33.9 Å². The molecule has 1 aliphatic heterocycles. The van der Waals surface area contributed by atoms with Crippen LogP contribution in [-0.4, -0.2) is 38.8 Å². The average molecular weight is 276 g/mol. The lowest BCUT2D eigenvalue weighted by Crippen LogP contribution is -2.21. The number of nitriles is 1. The minimum Gasteiger partial charge on any atom is -0.388 e. The second-order valence-corrected chi connectivity index (χ2v) is 4.52. The van der Waals surface area contributed by atoms with Gasteiger partial charge in [0.05, 0.1) is 11.6 Å². The number of ether oxygens (including phenoxy) is 1. The van der Waals surface area contributed by atoms with Crippen LogP contribution < -0.4 is 0 Å². The lowest BCUT2D eigenvalue weighted by molar-refractivity contribution is 0.277. The molecule has 112 valence electrons. The van der Waals surface area contributed by atoms with Gasteiger partial charge in [-0.3, -0.25) is 0 Å². The maximum atomic E-state index is 8.78. The van der Waals surface area contributed by atoms with E-state index in [0.717, 1.165) is 18.5 Å². The van der Waals surface area contributed by atoms with Gasteiger partial charge in [0.2, 0.25) is 0 Å². The van der Waals surface area contributed by atoms with Crippen molar-refractivity contribution in [1.29, 1.82) is 5.26 Å². The van der Waals surface area contributed by atoms with Crippen LogP contribution in [0, 0.1) is 11.3 Å². The van der Waals surface area contributed by atoms with Crippen LogP contribution in [0.2, 0.25) is 0 Å². The van der Waals surface area contributed by atoms with E-state index in [4.69, 9.17) is 5.26 Å². The predicted molar refractivity (Wildman–Crippen MR) is 84.8 cm³/mol. The Morgan fingerprint density at radius 2 is 1.80 bits per heavy atom. The molecule has 0 aliphatic carbocycles. The van der Waals surface area contributed by atoms with Crippen LogP contribution in [0.15, 0.2) is 24.3 Å². The fourth-order valence-corrected chi connectivity index (χ4v) is 2.09. The first kappa shape index (κ1) is 18.6. The van der Waals surface area contributed by atoms with Crippen molar-refractivity contribution in [2.45, 2.75) is 33.1 Å². The molecule has 0 saturated carbocycles. The van der Waals surface area contributed by atoms with Crippen molar-refractivity contribution >= 4 is 0 Å². The van der Waals surface area contributed by atoms with E-state index >= 15 is 0 Å². The summed E-state index contributed by atoms with van der Waals surface area (Å²) in [4.78, 5) is 2.50.